The highest BCUT2D eigenvalue weighted by molar-refractivity contribution is 7.91. The Kier molecular flexibility index (Phi) is 5.22. The molecule has 0 spiro atoms. The summed E-state index contributed by atoms with van der Waals surface area (Å²) in [6.07, 6.45) is -2.33. The van der Waals surface area contributed by atoms with Gasteiger partial charge in [0.2, 0.25) is 0 Å². The average Bonchev–Trinajstić information content (AvgIpc) is 2.76. The normalized spacial score (nSPS) is 23.9. The lowest BCUT2D eigenvalue weighted by Gasteiger charge is -2.22. The quantitative estimate of drug-likeness (QED) is 0.673. The van der Waals surface area contributed by atoms with Gasteiger partial charge in [-0.25, -0.2) is 18.0 Å². The van der Waals surface area contributed by atoms with Gasteiger partial charge < -0.3 is 20.3 Å². The third kappa shape index (κ3) is 4.67. The summed E-state index contributed by atoms with van der Waals surface area (Å²) in [5, 5.41) is 21.0. The summed E-state index contributed by atoms with van der Waals surface area (Å²) < 4.78 is 27.9. The van der Waals surface area contributed by atoms with Crippen LogP contribution < -0.4 is 5.32 Å². The van der Waals surface area contributed by atoms with Crippen molar-refractivity contribution in [2.45, 2.75) is 18.8 Å². The second-order valence-electron chi connectivity index (χ2n) is 5.33. The van der Waals surface area contributed by atoms with E-state index < -0.39 is 51.5 Å². The number of carbonyl (C=O) groups excluding carboxylic acids is 1. The van der Waals surface area contributed by atoms with Crippen LogP contribution in [0, 0.1) is 5.92 Å². The molecule has 1 aliphatic rings. The number of nitrogens with one attached hydrogen (secondary N) is 1. The molecule has 3 unspecified atom stereocenters. The number of sulfone groups is 1. The number of hydrogen-bond acceptors (Lipinski definition) is 6. The molecule has 8 nitrogen and oxygen atoms in total. The lowest BCUT2D eigenvalue weighted by atomic mass is 9.97. The van der Waals surface area contributed by atoms with Gasteiger partial charge in [0.05, 0.1) is 17.6 Å². The Morgan fingerprint density at radius 2 is 1.91 bits per heavy atom. The number of ether oxygens (including phenoxy) is 1. The largest absolute Gasteiger partial charge is 0.480 e. The van der Waals surface area contributed by atoms with Gasteiger partial charge in [0.25, 0.3) is 0 Å². The average molecular weight is 343 g/mol. The maximum Gasteiger partial charge on any atom is 0.408 e. The molecule has 126 valence electrons. The molecule has 0 aromatic heterocycles. The van der Waals surface area contributed by atoms with E-state index in [4.69, 9.17) is 4.74 Å². The van der Waals surface area contributed by atoms with Crippen molar-refractivity contribution in [1.29, 1.82) is 0 Å². The van der Waals surface area contributed by atoms with Crippen molar-refractivity contribution in [3.8, 4) is 0 Å². The van der Waals surface area contributed by atoms with Gasteiger partial charge in [0, 0.05) is 5.92 Å². The van der Waals surface area contributed by atoms with Crippen molar-refractivity contribution in [1.82, 2.24) is 5.32 Å². The molecule has 1 saturated heterocycles. The van der Waals surface area contributed by atoms with Crippen LogP contribution in [0.1, 0.15) is 5.56 Å². The van der Waals surface area contributed by atoms with Crippen molar-refractivity contribution in [2.75, 3.05) is 11.5 Å². The number of carbonyl (C=O) groups is 2. The number of amides is 1. The van der Waals surface area contributed by atoms with Crippen molar-refractivity contribution >= 4 is 21.9 Å². The minimum absolute atomic E-state index is 0.0511. The van der Waals surface area contributed by atoms with Crippen molar-refractivity contribution < 1.29 is 33.0 Å². The van der Waals surface area contributed by atoms with Gasteiger partial charge in [0.1, 0.15) is 12.6 Å². The van der Waals surface area contributed by atoms with Gasteiger partial charge in [-0.1, -0.05) is 30.3 Å². The molecule has 3 atom stereocenters. The zero-order chi connectivity index (χ0) is 17.0. The van der Waals surface area contributed by atoms with Crippen molar-refractivity contribution in [3.05, 3.63) is 35.9 Å². The lowest BCUT2D eigenvalue weighted by molar-refractivity contribution is -0.141. The lowest BCUT2D eigenvalue weighted by Crippen LogP contribution is -2.49. The number of carboxylic acids is 1. The third-order valence-electron chi connectivity index (χ3n) is 3.55. The highest BCUT2D eigenvalue weighted by Gasteiger charge is 2.44. The molecule has 0 saturated carbocycles. The van der Waals surface area contributed by atoms with Crippen LogP contribution in [0.15, 0.2) is 30.3 Å². The second-order valence-corrected chi connectivity index (χ2v) is 7.48. The molecule has 0 aliphatic carbocycles. The molecule has 1 aromatic rings. The van der Waals surface area contributed by atoms with E-state index in [9.17, 15) is 28.2 Å². The maximum absolute atomic E-state index is 11.7. The Bertz CT molecular complexity index is 674. The molecular weight excluding hydrogens is 326 g/mol. The van der Waals surface area contributed by atoms with E-state index in [0.29, 0.717) is 0 Å². The number of carboxylic acid groups (broad SMARTS) is 1. The highest BCUT2D eigenvalue weighted by Crippen LogP contribution is 2.23. The van der Waals surface area contributed by atoms with E-state index >= 15 is 0 Å². The monoisotopic (exact) mass is 343 g/mol. The van der Waals surface area contributed by atoms with E-state index in [1.54, 1.807) is 30.3 Å². The Hall–Kier alpha value is -2.13. The molecule has 1 aromatic carbocycles. The molecule has 3 N–H and O–H groups in total. The van der Waals surface area contributed by atoms with Crippen LogP contribution in [0.3, 0.4) is 0 Å². The van der Waals surface area contributed by atoms with Gasteiger partial charge in [-0.05, 0) is 5.56 Å². The fourth-order valence-corrected chi connectivity index (χ4v) is 4.32. The van der Waals surface area contributed by atoms with E-state index in [-0.39, 0.29) is 6.61 Å². The molecule has 23 heavy (non-hydrogen) atoms. The summed E-state index contributed by atoms with van der Waals surface area (Å²) in [6, 6.07) is 7.24. The van der Waals surface area contributed by atoms with Gasteiger partial charge in [-0.3, -0.25) is 0 Å². The summed E-state index contributed by atoms with van der Waals surface area (Å²) in [7, 11) is -3.52. The topological polar surface area (TPSA) is 130 Å². The summed E-state index contributed by atoms with van der Waals surface area (Å²) >= 11 is 0. The summed E-state index contributed by atoms with van der Waals surface area (Å²) in [5.41, 5.74) is 0.720. The van der Waals surface area contributed by atoms with Gasteiger partial charge in [-0.15, -0.1) is 0 Å². The van der Waals surface area contributed by atoms with E-state index in [1.165, 1.54) is 0 Å². The van der Waals surface area contributed by atoms with Crippen LogP contribution in [0.2, 0.25) is 0 Å². The first-order valence-corrected chi connectivity index (χ1v) is 8.69. The van der Waals surface area contributed by atoms with Crippen LogP contribution in [-0.2, 0) is 26.0 Å². The zero-order valence-electron chi connectivity index (χ0n) is 12.1. The first-order valence-electron chi connectivity index (χ1n) is 6.87. The number of alkyl carbamates (subject to hydrolysis) is 1. The van der Waals surface area contributed by atoms with E-state index in [0.717, 1.165) is 5.56 Å². The van der Waals surface area contributed by atoms with Gasteiger partial charge in [-0.2, -0.15) is 0 Å². The predicted molar refractivity (Wildman–Crippen MR) is 79.3 cm³/mol. The van der Waals surface area contributed by atoms with Gasteiger partial charge >= 0.3 is 12.1 Å². The minimum Gasteiger partial charge on any atom is -0.480 e. The summed E-state index contributed by atoms with van der Waals surface area (Å²) in [4.78, 5) is 23.0. The fourth-order valence-electron chi connectivity index (χ4n) is 2.42. The number of rotatable bonds is 5. The van der Waals surface area contributed by atoms with Crippen LogP contribution in [-0.4, -0.2) is 54.3 Å². The Balaban J connectivity index is 1.97. The Labute approximate surface area is 133 Å². The molecule has 1 heterocycles. The molecular formula is C14H17NO7S. The molecule has 1 fully saturated rings. The summed E-state index contributed by atoms with van der Waals surface area (Å²) in [5.74, 6) is -3.55. The number of aliphatic hydroxyl groups excluding tert-OH is 1. The molecule has 9 heteroatoms. The van der Waals surface area contributed by atoms with Crippen molar-refractivity contribution in [2.24, 2.45) is 5.92 Å². The van der Waals surface area contributed by atoms with Crippen LogP contribution >= 0.6 is 0 Å². The molecule has 1 amide bonds. The number of hydrogen-bond donors (Lipinski definition) is 3. The van der Waals surface area contributed by atoms with Crippen LogP contribution in [0.25, 0.3) is 0 Å². The standard InChI is InChI=1S/C14H17NO7S/c16-11-8-23(20,21)7-10(11)12(13(17)18)15-14(19)22-6-9-4-2-1-3-5-9/h1-5,10-12,16H,6-8H2,(H,15,19)(H,17,18). The molecule has 0 radical (unpaired) electrons. The van der Waals surface area contributed by atoms with E-state index in [1.807, 2.05) is 0 Å². The first-order chi connectivity index (χ1) is 10.8. The SMILES string of the molecule is O=C(NC(C(=O)O)C1CS(=O)(=O)CC1O)OCc1ccccc1. The molecule has 2 rings (SSSR count). The highest BCUT2D eigenvalue weighted by atomic mass is 32.2. The third-order valence-corrected chi connectivity index (χ3v) is 5.29. The number of benzene rings is 1. The second kappa shape index (κ2) is 6.97. The minimum atomic E-state index is -3.52. The fraction of sp³-hybridized carbons (Fsp3) is 0.429. The molecule has 0 bridgehead atoms. The Morgan fingerprint density at radius 1 is 1.26 bits per heavy atom. The van der Waals surface area contributed by atoms with Crippen LogP contribution in [0.4, 0.5) is 4.79 Å². The summed E-state index contributed by atoms with van der Waals surface area (Å²) in [6.45, 7) is -0.0511. The Morgan fingerprint density at radius 3 is 2.43 bits per heavy atom. The van der Waals surface area contributed by atoms with Crippen molar-refractivity contribution in [3.63, 3.8) is 0 Å². The molecule has 1 aliphatic heterocycles. The van der Waals surface area contributed by atoms with Gasteiger partial charge in [0.15, 0.2) is 9.84 Å². The predicted octanol–water partition coefficient (Wildman–Crippen LogP) is -0.228. The number of aliphatic hydroxyl groups is 1. The number of aliphatic carboxylic acids is 1. The first kappa shape index (κ1) is 17.2. The smallest absolute Gasteiger partial charge is 0.408 e. The maximum atomic E-state index is 11.7. The zero-order valence-corrected chi connectivity index (χ0v) is 12.9. The van der Waals surface area contributed by atoms with E-state index in [2.05, 4.69) is 5.32 Å². The van der Waals surface area contributed by atoms with Crippen LogP contribution in [0.5, 0.6) is 0 Å².